The van der Waals surface area contributed by atoms with Crippen molar-refractivity contribution in [1.29, 1.82) is 0 Å². The Hall–Kier alpha value is -2.12. The zero-order chi connectivity index (χ0) is 25.7. The van der Waals surface area contributed by atoms with Crippen LogP contribution < -0.4 is 0 Å². The second kappa shape index (κ2) is 9.32. The van der Waals surface area contributed by atoms with Gasteiger partial charge in [0.05, 0.1) is 28.7 Å². The van der Waals surface area contributed by atoms with E-state index in [0.717, 1.165) is 17.3 Å². The number of piperidine rings is 1. The summed E-state index contributed by atoms with van der Waals surface area (Å²) in [4.78, 5) is 14.1. The van der Waals surface area contributed by atoms with E-state index in [4.69, 9.17) is 9.47 Å². The normalized spacial score (nSPS) is 27.9. The molecule has 3 saturated heterocycles. The number of nitrogens with zero attached hydrogens (tertiary/aromatic N) is 1. The lowest BCUT2D eigenvalue weighted by Gasteiger charge is -2.45. The number of morpholine rings is 1. The molecule has 1 unspecified atom stereocenters. The van der Waals surface area contributed by atoms with Gasteiger partial charge < -0.3 is 23.6 Å². The first kappa shape index (κ1) is 25.5. The van der Waals surface area contributed by atoms with Crippen LogP contribution >= 0.6 is 22.7 Å². The first-order valence-electron chi connectivity index (χ1n) is 11.5. The first-order valence-corrected chi connectivity index (χ1v) is 14.7. The van der Waals surface area contributed by atoms with Gasteiger partial charge in [-0.3, -0.25) is 0 Å². The molecule has 8 nitrogen and oxygen atoms in total. The number of esters is 1. The molecule has 6 rings (SSSR count). The Morgan fingerprint density at radius 2 is 1.53 bits per heavy atom. The predicted molar refractivity (Wildman–Crippen MR) is 134 cm³/mol. The van der Waals surface area contributed by atoms with Gasteiger partial charge >= 0.3 is 5.97 Å². The summed E-state index contributed by atoms with van der Waals surface area (Å²) in [6.45, 7) is 0. The zero-order valence-corrected chi connectivity index (χ0v) is 22.2. The molecule has 0 aliphatic carbocycles. The quantitative estimate of drug-likeness (QED) is 0.225. The van der Waals surface area contributed by atoms with Crippen LogP contribution in [-0.2, 0) is 30.0 Å². The van der Waals surface area contributed by atoms with Crippen molar-refractivity contribution in [1.82, 2.24) is 0 Å². The number of aliphatic hydroxyl groups is 1. The molecule has 1 N–H and O–H groups in total. The average Bonchev–Trinajstić information content (AvgIpc) is 3.18. The van der Waals surface area contributed by atoms with E-state index in [0.29, 0.717) is 34.0 Å². The van der Waals surface area contributed by atoms with Crippen molar-refractivity contribution in [2.45, 2.75) is 53.7 Å². The minimum Gasteiger partial charge on any atom is -0.744 e. The molecule has 36 heavy (non-hydrogen) atoms. The molecule has 0 spiro atoms. The lowest BCUT2D eigenvalue weighted by atomic mass is 9.95. The smallest absolute Gasteiger partial charge is 0.349 e. The highest BCUT2D eigenvalue weighted by atomic mass is 32.2. The van der Waals surface area contributed by atoms with Crippen molar-refractivity contribution in [3.05, 3.63) is 75.1 Å². The second-order valence-corrected chi connectivity index (χ2v) is 13.0. The third-order valence-corrected chi connectivity index (χ3v) is 10.2. The molecule has 5 atom stereocenters. The lowest BCUT2D eigenvalue weighted by Crippen LogP contribution is -2.60. The van der Waals surface area contributed by atoms with E-state index in [1.165, 1.54) is 46.9 Å². The summed E-state index contributed by atoms with van der Waals surface area (Å²) >= 11 is 2.74. The van der Waals surface area contributed by atoms with Gasteiger partial charge in [0.2, 0.25) is 5.60 Å². The SMILES string of the molecule is C[N+]1(C)[C@@H]2CC(OC(=O)C(O)(c3cccs3)c3cccs3)C[C@H]1[C@@H]1O[C@@H]12.O=S(=O)([O-])c1ccccc1. The number of ether oxygens (including phenoxy) is 2. The third kappa shape index (κ3) is 4.53. The number of carbonyl (C=O) groups is 1. The van der Waals surface area contributed by atoms with E-state index in [9.17, 15) is 22.9 Å². The van der Waals surface area contributed by atoms with Crippen LogP contribution in [0.4, 0.5) is 0 Å². The van der Waals surface area contributed by atoms with Gasteiger partial charge in [0.1, 0.15) is 40.5 Å². The summed E-state index contributed by atoms with van der Waals surface area (Å²) in [5.41, 5.74) is -1.72. The number of fused-ring (bicyclic) bond motifs is 5. The van der Waals surface area contributed by atoms with Gasteiger partial charge in [-0.2, -0.15) is 0 Å². The van der Waals surface area contributed by atoms with Gasteiger partial charge in [-0.05, 0) is 35.0 Å². The van der Waals surface area contributed by atoms with Crippen molar-refractivity contribution in [3.8, 4) is 0 Å². The maximum Gasteiger partial charge on any atom is 0.349 e. The summed E-state index contributed by atoms with van der Waals surface area (Å²) in [7, 11) is 0.240. The number of rotatable bonds is 5. The highest BCUT2D eigenvalue weighted by Crippen LogP contribution is 2.52. The number of quaternary nitrogens is 1. The van der Waals surface area contributed by atoms with Gasteiger partial charge in [0.25, 0.3) is 0 Å². The molecule has 2 bridgehead atoms. The Bertz CT molecular complexity index is 1250. The Morgan fingerprint density at radius 1 is 1.00 bits per heavy atom. The monoisotopic (exact) mass is 549 g/mol. The zero-order valence-electron chi connectivity index (χ0n) is 19.7. The standard InChI is InChI=1S/C19H22NO4S2.C6H6O3S/c1-20(2)12-9-11(10-13(20)17-16(12)24-17)23-18(21)19(22,14-5-3-7-25-14)15-6-4-8-26-15;7-10(8,9)6-4-2-1-3-5-6/h3-8,11-13,16-17,22H,9-10H2,1-2H3;1-5H,(H,7,8,9)/q+1;/p-1/t11?,12-,13+,16-,17+;. The Kier molecular flexibility index (Phi) is 6.61. The minimum atomic E-state index is -4.25. The summed E-state index contributed by atoms with van der Waals surface area (Å²) < 4.78 is 43.5. The Morgan fingerprint density at radius 3 is 1.94 bits per heavy atom. The predicted octanol–water partition coefficient (Wildman–Crippen LogP) is 2.94. The summed E-state index contributed by atoms with van der Waals surface area (Å²) in [5, 5.41) is 15.1. The molecule has 1 aromatic carbocycles. The van der Waals surface area contributed by atoms with Crippen LogP contribution in [0, 0.1) is 0 Å². The summed E-state index contributed by atoms with van der Waals surface area (Å²) in [6, 6.07) is 15.2. The second-order valence-electron chi connectivity index (χ2n) is 9.76. The van der Waals surface area contributed by atoms with Gasteiger partial charge in [-0.25, -0.2) is 13.2 Å². The van der Waals surface area contributed by atoms with Gasteiger partial charge in [-0.15, -0.1) is 22.7 Å². The van der Waals surface area contributed by atoms with E-state index in [2.05, 4.69) is 14.1 Å². The number of benzene rings is 1. The van der Waals surface area contributed by atoms with E-state index in [-0.39, 0.29) is 11.0 Å². The van der Waals surface area contributed by atoms with Crippen LogP contribution in [0.15, 0.2) is 70.3 Å². The van der Waals surface area contributed by atoms with Gasteiger partial charge in [-0.1, -0.05) is 30.3 Å². The molecular formula is C25H27NO7S3. The fourth-order valence-electron chi connectivity index (χ4n) is 5.42. The molecule has 0 saturated carbocycles. The number of likely N-dealkylation sites (N-methyl/N-ethyl adjacent to an activating group) is 1. The van der Waals surface area contributed by atoms with Crippen molar-refractivity contribution >= 4 is 38.8 Å². The van der Waals surface area contributed by atoms with Gasteiger partial charge in [0.15, 0.2) is 0 Å². The molecule has 3 fully saturated rings. The van der Waals surface area contributed by atoms with Crippen molar-refractivity contribution < 1.29 is 36.8 Å². The Balaban J connectivity index is 0.000000226. The number of thiophene rings is 2. The number of epoxide rings is 1. The van der Waals surface area contributed by atoms with E-state index in [1.807, 2.05) is 22.9 Å². The third-order valence-electron chi connectivity index (χ3n) is 7.39. The molecule has 2 aromatic heterocycles. The van der Waals surface area contributed by atoms with Gasteiger partial charge in [0, 0.05) is 12.8 Å². The molecule has 11 heteroatoms. The van der Waals surface area contributed by atoms with Crippen molar-refractivity contribution in [2.24, 2.45) is 0 Å². The van der Waals surface area contributed by atoms with E-state index < -0.39 is 21.7 Å². The summed E-state index contributed by atoms with van der Waals surface area (Å²) in [5.74, 6) is -0.561. The van der Waals surface area contributed by atoms with Crippen LogP contribution in [0.25, 0.3) is 0 Å². The molecule has 5 heterocycles. The molecule has 3 aliphatic rings. The average molecular weight is 550 g/mol. The number of carbonyl (C=O) groups excluding carboxylic acids is 1. The highest BCUT2D eigenvalue weighted by Gasteiger charge is 2.71. The summed E-state index contributed by atoms with van der Waals surface area (Å²) in [6.07, 6.45) is 2.05. The van der Waals surface area contributed by atoms with Crippen LogP contribution in [0.2, 0.25) is 0 Å². The van der Waals surface area contributed by atoms with Crippen molar-refractivity contribution in [2.75, 3.05) is 14.1 Å². The molecule has 3 aliphatic heterocycles. The molecule has 192 valence electrons. The minimum absolute atomic E-state index is 0.161. The molecular weight excluding hydrogens is 522 g/mol. The lowest BCUT2D eigenvalue weighted by molar-refractivity contribution is -0.938. The maximum atomic E-state index is 13.1. The fraction of sp³-hybridized carbons (Fsp3) is 0.400. The van der Waals surface area contributed by atoms with Crippen LogP contribution in [-0.4, -0.2) is 73.0 Å². The molecule has 0 radical (unpaired) electrons. The molecule has 3 aromatic rings. The highest BCUT2D eigenvalue weighted by molar-refractivity contribution is 7.85. The van der Waals surface area contributed by atoms with E-state index >= 15 is 0 Å². The largest absolute Gasteiger partial charge is 0.744 e. The Labute approximate surface area is 218 Å². The molecule has 0 amide bonds. The van der Waals surface area contributed by atoms with E-state index in [1.54, 1.807) is 18.2 Å². The number of hydrogen-bond acceptors (Lipinski definition) is 9. The fourth-order valence-corrected chi connectivity index (χ4v) is 7.62. The topological polar surface area (TPSA) is 116 Å². The maximum absolute atomic E-state index is 13.1. The van der Waals surface area contributed by atoms with Crippen LogP contribution in [0.5, 0.6) is 0 Å². The number of hydrogen-bond donors (Lipinski definition) is 1. The van der Waals surface area contributed by atoms with Crippen LogP contribution in [0.1, 0.15) is 22.6 Å². The first-order chi connectivity index (χ1) is 17.0. The van der Waals surface area contributed by atoms with Crippen molar-refractivity contribution in [3.63, 3.8) is 0 Å². The van der Waals surface area contributed by atoms with Crippen LogP contribution in [0.3, 0.4) is 0 Å².